The van der Waals surface area contributed by atoms with E-state index in [0.29, 0.717) is 31.6 Å². The van der Waals surface area contributed by atoms with Crippen LogP contribution in [0.15, 0.2) is 34.9 Å². The maximum atomic E-state index is 10.6. The third-order valence-electron chi connectivity index (χ3n) is 3.94. The molecular weight excluding hydrogens is 242 g/mol. The van der Waals surface area contributed by atoms with E-state index in [4.69, 9.17) is 9.15 Å². The minimum atomic E-state index is -0.843. The summed E-state index contributed by atoms with van der Waals surface area (Å²) in [6, 6.07) is 9.84. The minimum absolute atomic E-state index is 0.514. The van der Waals surface area contributed by atoms with Gasteiger partial charge in [0.2, 0.25) is 0 Å². The van der Waals surface area contributed by atoms with Crippen LogP contribution in [0.4, 0.5) is 0 Å². The number of hydrogen-bond acceptors (Lipinski definition) is 4. The lowest BCUT2D eigenvalue weighted by Gasteiger charge is -2.34. The van der Waals surface area contributed by atoms with E-state index in [1.807, 2.05) is 24.3 Å². The fourth-order valence-electron chi connectivity index (χ4n) is 2.69. The molecule has 0 amide bonds. The Labute approximate surface area is 111 Å². The molecule has 0 spiro atoms. The molecule has 0 radical (unpaired) electrons. The van der Waals surface area contributed by atoms with Gasteiger partial charge in [-0.1, -0.05) is 18.2 Å². The lowest BCUT2D eigenvalue weighted by molar-refractivity contribution is -0.0307. The van der Waals surface area contributed by atoms with Crippen LogP contribution in [0.25, 0.3) is 11.0 Å². The number of nitrogens with zero attached hydrogens (tertiary/aromatic N) is 1. The van der Waals surface area contributed by atoms with Gasteiger partial charge in [-0.15, -0.1) is 0 Å². The van der Waals surface area contributed by atoms with E-state index in [1.165, 1.54) is 0 Å². The first kappa shape index (κ1) is 12.2. The largest absolute Gasteiger partial charge is 0.464 e. The van der Waals surface area contributed by atoms with E-state index >= 15 is 0 Å². The monoisotopic (exact) mass is 257 g/mol. The number of fused-ring (bicyclic) bond motifs is 1. The number of para-hydroxylation sites is 1. The number of rotatable bonds is 2. The van der Waals surface area contributed by atoms with Crippen molar-refractivity contribution >= 4 is 11.0 Å². The quantitative estimate of drug-likeness (QED) is 0.898. The molecule has 0 bridgehead atoms. The molecule has 19 heavy (non-hydrogen) atoms. The highest BCUT2D eigenvalue weighted by Crippen LogP contribution is 2.44. The third kappa shape index (κ3) is 1.92. The molecule has 2 heterocycles. The smallest absolute Gasteiger partial charge is 0.134 e. The zero-order valence-electron chi connectivity index (χ0n) is 10.5. The summed E-state index contributed by atoms with van der Waals surface area (Å²) in [6.07, 6.45) is 1.81. The van der Waals surface area contributed by atoms with Crippen LogP contribution < -0.4 is 0 Å². The summed E-state index contributed by atoms with van der Waals surface area (Å²) >= 11 is 0. The molecule has 1 fully saturated rings. The van der Waals surface area contributed by atoms with Gasteiger partial charge < -0.3 is 14.3 Å². The average Bonchev–Trinajstić information content (AvgIpc) is 2.91. The van der Waals surface area contributed by atoms with Gasteiger partial charge in [-0.3, -0.25) is 0 Å². The Balaban J connectivity index is 2.03. The molecular formula is C15H15NO3. The molecule has 1 aliphatic rings. The van der Waals surface area contributed by atoms with Crippen molar-refractivity contribution < 1.29 is 14.3 Å². The lowest BCUT2D eigenvalue weighted by atomic mass is 9.74. The predicted octanol–water partition coefficient (Wildman–Crippen LogP) is 2.79. The second-order valence-electron chi connectivity index (χ2n) is 4.97. The van der Waals surface area contributed by atoms with Gasteiger partial charge in [-0.25, -0.2) is 0 Å². The average molecular weight is 257 g/mol. The Hall–Kier alpha value is -1.83. The van der Waals surface area contributed by atoms with Crippen LogP contribution in [-0.2, 0) is 4.74 Å². The second-order valence-corrected chi connectivity index (χ2v) is 4.97. The van der Waals surface area contributed by atoms with Crippen molar-refractivity contribution in [1.29, 1.82) is 5.26 Å². The predicted molar refractivity (Wildman–Crippen MR) is 69.3 cm³/mol. The van der Waals surface area contributed by atoms with Crippen molar-refractivity contribution in [3.05, 3.63) is 36.1 Å². The Kier molecular flexibility index (Phi) is 3.02. The van der Waals surface area contributed by atoms with Crippen LogP contribution >= 0.6 is 0 Å². The number of aliphatic hydroxyl groups excluding tert-OH is 1. The van der Waals surface area contributed by atoms with Gasteiger partial charge in [0.25, 0.3) is 0 Å². The summed E-state index contributed by atoms with van der Waals surface area (Å²) in [7, 11) is 0. The summed E-state index contributed by atoms with van der Waals surface area (Å²) in [4.78, 5) is 0. The highest BCUT2D eigenvalue weighted by molar-refractivity contribution is 5.81. The number of hydrogen-bond donors (Lipinski definition) is 1. The van der Waals surface area contributed by atoms with E-state index < -0.39 is 11.5 Å². The number of nitriles is 1. The van der Waals surface area contributed by atoms with Crippen LogP contribution in [0.5, 0.6) is 0 Å². The van der Waals surface area contributed by atoms with Gasteiger partial charge >= 0.3 is 0 Å². The SMILES string of the molecule is N#CC1(C(O)c2coc3ccccc23)CCOCC1. The van der Waals surface area contributed by atoms with Crippen molar-refractivity contribution in [3.63, 3.8) is 0 Å². The minimum Gasteiger partial charge on any atom is -0.464 e. The Morgan fingerprint density at radius 2 is 2.00 bits per heavy atom. The molecule has 98 valence electrons. The van der Waals surface area contributed by atoms with Crippen molar-refractivity contribution in [2.75, 3.05) is 13.2 Å². The Morgan fingerprint density at radius 3 is 2.74 bits per heavy atom. The zero-order chi connectivity index (χ0) is 13.3. The maximum Gasteiger partial charge on any atom is 0.134 e. The number of benzene rings is 1. The third-order valence-corrected chi connectivity index (χ3v) is 3.94. The van der Waals surface area contributed by atoms with Gasteiger partial charge in [0, 0.05) is 24.2 Å². The van der Waals surface area contributed by atoms with Crippen molar-refractivity contribution in [2.24, 2.45) is 5.41 Å². The molecule has 0 saturated carbocycles. The van der Waals surface area contributed by atoms with Crippen molar-refractivity contribution in [1.82, 2.24) is 0 Å². The number of aliphatic hydroxyl groups is 1. The molecule has 1 unspecified atom stereocenters. The normalized spacial score (nSPS) is 20.0. The standard InChI is InChI=1S/C15H15NO3/c16-10-15(5-7-18-8-6-15)14(17)12-9-19-13-4-2-1-3-11(12)13/h1-4,9,14,17H,5-8H2. The molecule has 1 aliphatic heterocycles. The van der Waals surface area contributed by atoms with E-state index in [9.17, 15) is 10.4 Å². The summed E-state index contributed by atoms with van der Waals surface area (Å²) < 4.78 is 10.7. The summed E-state index contributed by atoms with van der Waals surface area (Å²) in [5.74, 6) is 0. The Bertz CT molecular complexity index is 620. The van der Waals surface area contributed by atoms with Crippen molar-refractivity contribution in [2.45, 2.75) is 18.9 Å². The first-order valence-corrected chi connectivity index (χ1v) is 6.40. The summed E-state index contributed by atoms with van der Waals surface area (Å²) in [5, 5.41) is 21.0. The van der Waals surface area contributed by atoms with Crippen LogP contribution in [0, 0.1) is 16.7 Å². The van der Waals surface area contributed by atoms with Gasteiger partial charge in [0.1, 0.15) is 11.7 Å². The Morgan fingerprint density at radius 1 is 1.26 bits per heavy atom. The number of furan rings is 1. The van der Waals surface area contributed by atoms with E-state index in [1.54, 1.807) is 6.26 Å². The van der Waals surface area contributed by atoms with Crippen LogP contribution in [0.3, 0.4) is 0 Å². The first-order chi connectivity index (χ1) is 9.27. The summed E-state index contributed by atoms with van der Waals surface area (Å²) in [6.45, 7) is 1.03. The van der Waals surface area contributed by atoms with Gasteiger partial charge in [0.05, 0.1) is 17.7 Å². The molecule has 4 heteroatoms. The van der Waals surface area contributed by atoms with Gasteiger partial charge in [-0.05, 0) is 18.9 Å². The fourth-order valence-corrected chi connectivity index (χ4v) is 2.69. The first-order valence-electron chi connectivity index (χ1n) is 6.40. The lowest BCUT2D eigenvalue weighted by Crippen LogP contribution is -2.34. The molecule has 1 atom stereocenters. The van der Waals surface area contributed by atoms with Crippen LogP contribution in [0.2, 0.25) is 0 Å². The molecule has 1 N–H and O–H groups in total. The zero-order valence-corrected chi connectivity index (χ0v) is 10.5. The van der Waals surface area contributed by atoms with E-state index in [2.05, 4.69) is 6.07 Å². The van der Waals surface area contributed by atoms with E-state index in [-0.39, 0.29) is 0 Å². The highest BCUT2D eigenvalue weighted by Gasteiger charge is 2.42. The number of ether oxygens (including phenoxy) is 1. The molecule has 0 aliphatic carbocycles. The highest BCUT2D eigenvalue weighted by atomic mass is 16.5. The molecule has 1 aromatic heterocycles. The molecule has 4 nitrogen and oxygen atoms in total. The van der Waals surface area contributed by atoms with Crippen LogP contribution in [-0.4, -0.2) is 18.3 Å². The summed E-state index contributed by atoms with van der Waals surface area (Å²) in [5.41, 5.74) is 0.654. The topological polar surface area (TPSA) is 66.4 Å². The van der Waals surface area contributed by atoms with Gasteiger partial charge in [-0.2, -0.15) is 5.26 Å². The molecule has 2 aromatic rings. The maximum absolute atomic E-state index is 10.6. The molecule has 1 saturated heterocycles. The second kappa shape index (κ2) is 4.69. The molecule has 3 rings (SSSR count). The van der Waals surface area contributed by atoms with Gasteiger partial charge in [0.15, 0.2) is 0 Å². The van der Waals surface area contributed by atoms with E-state index in [0.717, 1.165) is 11.0 Å². The fraction of sp³-hybridized carbons (Fsp3) is 0.400. The molecule has 1 aromatic carbocycles. The van der Waals surface area contributed by atoms with Crippen LogP contribution in [0.1, 0.15) is 24.5 Å². The van der Waals surface area contributed by atoms with Crippen molar-refractivity contribution in [3.8, 4) is 6.07 Å².